The number of nitrogens with zero attached hydrogens (tertiary/aromatic N) is 2. The number of benzene rings is 1. The molecule has 3 atom stereocenters. The molecule has 4 nitrogen and oxygen atoms in total. The Balaban J connectivity index is 1.93. The second-order valence-electron chi connectivity index (χ2n) is 6.12. The maximum absolute atomic E-state index is 12.6. The van der Waals surface area contributed by atoms with E-state index in [-0.39, 0.29) is 17.9 Å². The summed E-state index contributed by atoms with van der Waals surface area (Å²) in [7, 11) is 0. The van der Waals surface area contributed by atoms with E-state index in [9.17, 15) is 4.79 Å². The van der Waals surface area contributed by atoms with Crippen molar-refractivity contribution in [2.75, 3.05) is 6.61 Å². The molecule has 5 rings (SSSR count). The smallest absolute Gasteiger partial charge is 0.314 e. The van der Waals surface area contributed by atoms with Gasteiger partial charge in [0.15, 0.2) is 0 Å². The quantitative estimate of drug-likeness (QED) is 0.796. The third-order valence-corrected chi connectivity index (χ3v) is 4.93. The summed E-state index contributed by atoms with van der Waals surface area (Å²) in [6.07, 6.45) is 4.59. The first-order valence-corrected chi connectivity index (χ1v) is 7.45. The van der Waals surface area contributed by atoms with Crippen LogP contribution in [-0.2, 0) is 9.53 Å². The minimum atomic E-state index is -0.525. The van der Waals surface area contributed by atoms with Crippen LogP contribution in [0.15, 0.2) is 36.7 Å². The van der Waals surface area contributed by atoms with Crippen molar-refractivity contribution in [1.29, 1.82) is 0 Å². The largest absolute Gasteiger partial charge is 0.466 e. The lowest BCUT2D eigenvalue weighted by molar-refractivity contribution is -0.158. The van der Waals surface area contributed by atoms with Gasteiger partial charge in [-0.25, -0.2) is 4.98 Å². The third-order valence-electron chi connectivity index (χ3n) is 4.93. The molecule has 3 aliphatic rings. The highest BCUT2D eigenvalue weighted by atomic mass is 16.5. The van der Waals surface area contributed by atoms with Gasteiger partial charge in [0.05, 0.1) is 18.1 Å². The Hall–Kier alpha value is -2.10. The summed E-state index contributed by atoms with van der Waals surface area (Å²) in [5, 5.41) is 0. The van der Waals surface area contributed by atoms with Crippen molar-refractivity contribution in [3.8, 4) is 0 Å². The molecule has 2 bridgehead atoms. The predicted octanol–water partition coefficient (Wildman–Crippen LogP) is 2.89. The van der Waals surface area contributed by atoms with Crippen LogP contribution in [0.2, 0.25) is 0 Å². The number of hydrogen-bond acceptors (Lipinski definition) is 3. The van der Waals surface area contributed by atoms with Crippen molar-refractivity contribution >= 4 is 5.97 Å². The summed E-state index contributed by atoms with van der Waals surface area (Å²) in [4.78, 5) is 17.1. The second kappa shape index (κ2) is 4.20. The zero-order chi connectivity index (χ0) is 14.6. The van der Waals surface area contributed by atoms with Crippen LogP contribution in [-0.4, -0.2) is 22.1 Å². The van der Waals surface area contributed by atoms with Crippen molar-refractivity contribution in [1.82, 2.24) is 9.55 Å². The maximum atomic E-state index is 12.6. The normalized spacial score (nSPS) is 28.9. The van der Waals surface area contributed by atoms with Gasteiger partial charge in [0.2, 0.25) is 0 Å². The van der Waals surface area contributed by atoms with Gasteiger partial charge in [-0.2, -0.15) is 0 Å². The SMILES string of the molecule is CCOC(=O)C1(C)CC2c3ccccc3C1n1ccnc12. The Morgan fingerprint density at radius 2 is 2.19 bits per heavy atom. The number of aromatic nitrogens is 2. The number of hydrogen-bond donors (Lipinski definition) is 0. The number of rotatable bonds is 2. The molecule has 0 fully saturated rings. The van der Waals surface area contributed by atoms with Crippen LogP contribution in [0.1, 0.15) is 49.2 Å². The molecule has 21 heavy (non-hydrogen) atoms. The number of carbonyl (C=O) groups is 1. The van der Waals surface area contributed by atoms with Crippen molar-refractivity contribution < 1.29 is 9.53 Å². The molecule has 1 aromatic heterocycles. The molecule has 0 saturated heterocycles. The molecule has 0 N–H and O–H groups in total. The average molecular weight is 282 g/mol. The molecule has 2 aliphatic heterocycles. The summed E-state index contributed by atoms with van der Waals surface area (Å²) in [5.41, 5.74) is 2.01. The number of fused-ring (bicyclic) bond motifs is 1. The molecule has 0 spiro atoms. The maximum Gasteiger partial charge on any atom is 0.314 e. The first-order chi connectivity index (χ1) is 10.2. The lowest BCUT2D eigenvalue weighted by Crippen LogP contribution is -2.48. The summed E-state index contributed by atoms with van der Waals surface area (Å²) in [5.74, 6) is 1.14. The van der Waals surface area contributed by atoms with Gasteiger partial charge >= 0.3 is 5.97 Å². The molecule has 0 radical (unpaired) electrons. The molecule has 0 amide bonds. The van der Waals surface area contributed by atoms with Gasteiger partial charge in [0.1, 0.15) is 5.82 Å². The molecule has 108 valence electrons. The lowest BCUT2D eigenvalue weighted by Gasteiger charge is -2.49. The highest BCUT2D eigenvalue weighted by Crippen LogP contribution is 2.57. The first kappa shape index (κ1) is 12.6. The number of imidazole rings is 1. The zero-order valence-electron chi connectivity index (χ0n) is 12.2. The van der Waals surface area contributed by atoms with Gasteiger partial charge in [0.25, 0.3) is 0 Å². The van der Waals surface area contributed by atoms with Gasteiger partial charge in [-0.3, -0.25) is 4.79 Å². The van der Waals surface area contributed by atoms with Crippen LogP contribution < -0.4 is 0 Å². The van der Waals surface area contributed by atoms with Crippen LogP contribution in [0.5, 0.6) is 0 Å². The second-order valence-corrected chi connectivity index (χ2v) is 6.12. The molecule has 4 heteroatoms. The first-order valence-electron chi connectivity index (χ1n) is 7.45. The minimum absolute atomic E-state index is 0.0183. The van der Waals surface area contributed by atoms with Crippen molar-refractivity contribution in [2.45, 2.75) is 32.2 Å². The number of carbonyl (C=O) groups excluding carboxylic acids is 1. The molecular formula is C17H18N2O2. The van der Waals surface area contributed by atoms with Crippen LogP contribution in [0.3, 0.4) is 0 Å². The van der Waals surface area contributed by atoms with Gasteiger partial charge in [-0.15, -0.1) is 0 Å². The fraction of sp³-hybridized carbons (Fsp3) is 0.412. The molecule has 3 heterocycles. The van der Waals surface area contributed by atoms with Gasteiger partial charge in [0, 0.05) is 18.3 Å². The predicted molar refractivity (Wildman–Crippen MR) is 78.0 cm³/mol. The van der Waals surface area contributed by atoms with E-state index in [1.165, 1.54) is 11.1 Å². The Labute approximate surface area is 123 Å². The number of ether oxygens (including phenoxy) is 1. The molecule has 2 aromatic rings. The Morgan fingerprint density at radius 1 is 1.43 bits per heavy atom. The molecular weight excluding hydrogens is 264 g/mol. The van der Waals surface area contributed by atoms with Gasteiger partial charge in [-0.05, 0) is 31.4 Å². The van der Waals surface area contributed by atoms with Crippen LogP contribution in [0.25, 0.3) is 0 Å². The zero-order valence-corrected chi connectivity index (χ0v) is 12.2. The van der Waals surface area contributed by atoms with Crippen molar-refractivity contribution in [2.24, 2.45) is 5.41 Å². The highest BCUT2D eigenvalue weighted by Gasteiger charge is 2.55. The Kier molecular flexibility index (Phi) is 2.52. The molecule has 0 saturated carbocycles. The van der Waals surface area contributed by atoms with Gasteiger partial charge in [-0.1, -0.05) is 24.3 Å². The van der Waals surface area contributed by atoms with Gasteiger partial charge < -0.3 is 9.30 Å². The molecule has 3 unspecified atom stereocenters. The fourth-order valence-corrected chi connectivity index (χ4v) is 4.06. The lowest BCUT2D eigenvalue weighted by atomic mass is 9.62. The van der Waals surface area contributed by atoms with E-state index in [2.05, 4.69) is 27.8 Å². The Bertz CT molecular complexity index is 721. The summed E-state index contributed by atoms with van der Waals surface area (Å²) >= 11 is 0. The molecule has 1 aromatic carbocycles. The summed E-state index contributed by atoms with van der Waals surface area (Å²) < 4.78 is 7.53. The topological polar surface area (TPSA) is 44.1 Å². The Morgan fingerprint density at radius 3 is 2.95 bits per heavy atom. The van der Waals surface area contributed by atoms with Crippen LogP contribution in [0.4, 0.5) is 0 Å². The highest BCUT2D eigenvalue weighted by molar-refractivity contribution is 5.79. The van der Waals surface area contributed by atoms with E-state index < -0.39 is 5.41 Å². The van der Waals surface area contributed by atoms with E-state index in [1.807, 2.05) is 32.3 Å². The monoisotopic (exact) mass is 282 g/mol. The van der Waals surface area contributed by atoms with Crippen LogP contribution >= 0.6 is 0 Å². The summed E-state index contributed by atoms with van der Waals surface area (Å²) in [6, 6.07) is 8.38. The average Bonchev–Trinajstić information content (AvgIpc) is 2.97. The minimum Gasteiger partial charge on any atom is -0.466 e. The third kappa shape index (κ3) is 1.50. The van der Waals surface area contributed by atoms with E-state index in [0.29, 0.717) is 6.61 Å². The van der Waals surface area contributed by atoms with E-state index >= 15 is 0 Å². The summed E-state index contributed by atoms with van der Waals surface area (Å²) in [6.45, 7) is 4.31. The van der Waals surface area contributed by atoms with Crippen molar-refractivity contribution in [3.05, 3.63) is 53.6 Å². The van der Waals surface area contributed by atoms with E-state index in [4.69, 9.17) is 4.74 Å². The van der Waals surface area contributed by atoms with E-state index in [1.54, 1.807) is 0 Å². The van der Waals surface area contributed by atoms with Crippen LogP contribution in [0, 0.1) is 5.41 Å². The van der Waals surface area contributed by atoms with Crippen molar-refractivity contribution in [3.63, 3.8) is 0 Å². The van der Waals surface area contributed by atoms with E-state index in [0.717, 1.165) is 12.2 Å². The fourth-order valence-electron chi connectivity index (χ4n) is 4.06. The molecule has 1 aliphatic carbocycles. The number of esters is 1. The standard InChI is InChI=1S/C17H18N2O2/c1-3-21-16(20)17(2)10-13-11-6-4-5-7-12(11)14(17)19-9-8-18-15(13)19/h4-9,13-14H,3,10H2,1-2H3.